The highest BCUT2D eigenvalue weighted by Crippen LogP contribution is 2.30. The average Bonchev–Trinajstić information content (AvgIpc) is 2.73. The molecular weight excluding hydrogens is 415 g/mol. The van der Waals surface area contributed by atoms with Crippen molar-refractivity contribution in [2.45, 2.75) is 18.1 Å². The van der Waals surface area contributed by atoms with Crippen LogP contribution in [0.25, 0.3) is 11.3 Å². The van der Waals surface area contributed by atoms with Crippen LogP contribution in [0.1, 0.15) is 12.5 Å². The van der Waals surface area contributed by atoms with E-state index >= 15 is 0 Å². The topological polar surface area (TPSA) is 64.1 Å². The average molecular weight is 433 g/mol. The monoisotopic (exact) mass is 433 g/mol. The Bertz CT molecular complexity index is 976. The minimum Gasteiger partial charge on any atom is -0.494 e. The fourth-order valence-electron chi connectivity index (χ4n) is 2.52. The van der Waals surface area contributed by atoms with Crippen LogP contribution in [0.5, 0.6) is 5.75 Å². The summed E-state index contributed by atoms with van der Waals surface area (Å²) < 4.78 is 43.1. The van der Waals surface area contributed by atoms with Gasteiger partial charge in [0.15, 0.2) is 0 Å². The maximum absolute atomic E-state index is 12.6. The van der Waals surface area contributed by atoms with Gasteiger partial charge in [-0.3, -0.25) is 4.79 Å². The smallest absolute Gasteiger partial charge is 0.416 e. The second-order valence-electron chi connectivity index (χ2n) is 6.13. The number of rotatable bonds is 7. The van der Waals surface area contributed by atoms with E-state index in [1.807, 2.05) is 31.2 Å². The standard InChI is InChI=1S/C21H18F3N3O2S/c1-2-29-17-9-3-14(4-10-17)18-11-12-20(27-26-18)30-13-19(28)25-16-7-5-15(6-8-16)21(22,23)24/h3-12H,2,13H2,1H3,(H,25,28). The molecule has 1 N–H and O–H groups in total. The first-order valence-corrected chi connectivity index (χ1v) is 10.0. The lowest BCUT2D eigenvalue weighted by molar-refractivity contribution is -0.137. The van der Waals surface area contributed by atoms with E-state index in [2.05, 4.69) is 15.5 Å². The van der Waals surface area contributed by atoms with Gasteiger partial charge in [0.25, 0.3) is 0 Å². The van der Waals surface area contributed by atoms with Gasteiger partial charge in [-0.05, 0) is 67.6 Å². The van der Waals surface area contributed by atoms with E-state index < -0.39 is 11.7 Å². The van der Waals surface area contributed by atoms with Gasteiger partial charge in [-0.25, -0.2) is 0 Å². The number of hydrogen-bond donors (Lipinski definition) is 1. The highest BCUT2D eigenvalue weighted by atomic mass is 32.2. The summed E-state index contributed by atoms with van der Waals surface area (Å²) >= 11 is 1.18. The van der Waals surface area contributed by atoms with Gasteiger partial charge in [0.2, 0.25) is 5.91 Å². The molecule has 5 nitrogen and oxygen atoms in total. The highest BCUT2D eigenvalue weighted by Gasteiger charge is 2.29. The highest BCUT2D eigenvalue weighted by molar-refractivity contribution is 7.99. The molecule has 2 aromatic carbocycles. The van der Waals surface area contributed by atoms with Crippen LogP contribution in [-0.4, -0.2) is 28.5 Å². The van der Waals surface area contributed by atoms with E-state index in [-0.39, 0.29) is 11.7 Å². The fraction of sp³-hybridized carbons (Fsp3) is 0.190. The van der Waals surface area contributed by atoms with Gasteiger partial charge in [-0.2, -0.15) is 13.2 Å². The Kier molecular flexibility index (Phi) is 6.94. The Morgan fingerprint density at radius 2 is 1.70 bits per heavy atom. The van der Waals surface area contributed by atoms with Crippen molar-refractivity contribution in [2.24, 2.45) is 0 Å². The maximum atomic E-state index is 12.6. The minimum atomic E-state index is -4.41. The molecule has 0 spiro atoms. The molecule has 1 aromatic heterocycles. The molecule has 0 aliphatic rings. The van der Waals surface area contributed by atoms with Crippen LogP contribution in [0.4, 0.5) is 18.9 Å². The molecule has 9 heteroatoms. The molecule has 0 bridgehead atoms. The molecule has 0 aliphatic carbocycles. The second-order valence-corrected chi connectivity index (χ2v) is 7.12. The van der Waals surface area contributed by atoms with Crippen molar-refractivity contribution in [3.05, 3.63) is 66.2 Å². The number of carbonyl (C=O) groups excluding carboxylic acids is 1. The number of carbonyl (C=O) groups is 1. The number of nitrogens with zero attached hydrogens (tertiary/aromatic N) is 2. The van der Waals surface area contributed by atoms with Gasteiger partial charge in [-0.1, -0.05) is 11.8 Å². The van der Waals surface area contributed by atoms with E-state index in [4.69, 9.17) is 4.74 Å². The fourth-order valence-corrected chi connectivity index (χ4v) is 3.13. The molecule has 156 valence electrons. The van der Waals surface area contributed by atoms with E-state index in [0.29, 0.717) is 23.0 Å². The van der Waals surface area contributed by atoms with Gasteiger partial charge in [0.05, 0.1) is 23.6 Å². The van der Waals surface area contributed by atoms with Crippen LogP contribution < -0.4 is 10.1 Å². The van der Waals surface area contributed by atoms with Crippen molar-refractivity contribution >= 4 is 23.4 Å². The minimum absolute atomic E-state index is 0.0537. The molecule has 0 radical (unpaired) electrons. The van der Waals surface area contributed by atoms with Crippen LogP contribution in [0, 0.1) is 0 Å². The Labute approximate surface area is 175 Å². The van der Waals surface area contributed by atoms with E-state index in [1.165, 1.54) is 23.9 Å². The Balaban J connectivity index is 1.52. The van der Waals surface area contributed by atoms with Crippen LogP contribution in [-0.2, 0) is 11.0 Å². The Hall–Kier alpha value is -3.07. The van der Waals surface area contributed by atoms with Gasteiger partial charge in [-0.15, -0.1) is 10.2 Å². The van der Waals surface area contributed by atoms with Crippen molar-refractivity contribution in [3.63, 3.8) is 0 Å². The predicted octanol–water partition coefficient (Wildman–Crippen LogP) is 5.29. The number of amides is 1. The van der Waals surface area contributed by atoms with Crippen LogP contribution in [0.3, 0.4) is 0 Å². The molecule has 30 heavy (non-hydrogen) atoms. The van der Waals surface area contributed by atoms with Gasteiger partial charge < -0.3 is 10.1 Å². The van der Waals surface area contributed by atoms with Gasteiger partial charge in [0, 0.05) is 11.3 Å². The molecule has 0 unspecified atom stereocenters. The van der Waals surface area contributed by atoms with E-state index in [0.717, 1.165) is 23.4 Å². The quantitative estimate of drug-likeness (QED) is 0.513. The van der Waals surface area contributed by atoms with Crippen molar-refractivity contribution in [3.8, 4) is 17.0 Å². The third-order valence-corrected chi connectivity index (χ3v) is 4.87. The molecule has 0 saturated carbocycles. The number of ether oxygens (including phenoxy) is 1. The molecule has 0 fully saturated rings. The molecule has 1 heterocycles. The zero-order valence-corrected chi connectivity index (χ0v) is 16.8. The zero-order valence-electron chi connectivity index (χ0n) is 15.9. The molecule has 1 amide bonds. The number of alkyl halides is 3. The summed E-state index contributed by atoms with van der Waals surface area (Å²) in [6.07, 6.45) is -4.41. The summed E-state index contributed by atoms with van der Waals surface area (Å²) in [6.45, 7) is 2.51. The second kappa shape index (κ2) is 9.62. The summed E-state index contributed by atoms with van der Waals surface area (Å²) in [7, 11) is 0. The lowest BCUT2D eigenvalue weighted by Crippen LogP contribution is -2.14. The molecule has 0 aliphatic heterocycles. The van der Waals surface area contributed by atoms with Crippen LogP contribution >= 0.6 is 11.8 Å². The van der Waals surface area contributed by atoms with Crippen molar-refractivity contribution in [2.75, 3.05) is 17.7 Å². The third kappa shape index (κ3) is 5.96. The normalized spacial score (nSPS) is 11.2. The van der Waals surface area contributed by atoms with Crippen LogP contribution in [0.15, 0.2) is 65.7 Å². The number of nitrogens with one attached hydrogen (secondary N) is 1. The number of thioether (sulfide) groups is 1. The van der Waals surface area contributed by atoms with Crippen molar-refractivity contribution in [1.29, 1.82) is 0 Å². The van der Waals surface area contributed by atoms with Crippen molar-refractivity contribution < 1.29 is 22.7 Å². The first kappa shape index (κ1) is 21.6. The van der Waals surface area contributed by atoms with Crippen LogP contribution in [0.2, 0.25) is 0 Å². The Morgan fingerprint density at radius 3 is 2.27 bits per heavy atom. The summed E-state index contributed by atoms with van der Waals surface area (Å²) in [5.41, 5.74) is 1.11. The lowest BCUT2D eigenvalue weighted by Gasteiger charge is -2.08. The number of anilines is 1. The summed E-state index contributed by atoms with van der Waals surface area (Å²) in [6, 6.07) is 15.3. The predicted molar refractivity (Wildman–Crippen MR) is 109 cm³/mol. The summed E-state index contributed by atoms with van der Waals surface area (Å²) in [5, 5.41) is 11.4. The SMILES string of the molecule is CCOc1ccc(-c2ccc(SCC(=O)Nc3ccc(C(F)(F)F)cc3)nn2)cc1. The molecule has 0 atom stereocenters. The largest absolute Gasteiger partial charge is 0.494 e. The number of hydrogen-bond acceptors (Lipinski definition) is 5. The first-order valence-electron chi connectivity index (χ1n) is 9.02. The number of halogens is 3. The van der Waals surface area contributed by atoms with Gasteiger partial charge >= 0.3 is 6.18 Å². The number of benzene rings is 2. The summed E-state index contributed by atoms with van der Waals surface area (Å²) in [4.78, 5) is 12.0. The molecular formula is C21H18F3N3O2S. The molecule has 0 saturated heterocycles. The number of aromatic nitrogens is 2. The van der Waals surface area contributed by atoms with Crippen molar-refractivity contribution in [1.82, 2.24) is 10.2 Å². The van der Waals surface area contributed by atoms with Gasteiger partial charge in [0.1, 0.15) is 10.8 Å². The molecule has 3 rings (SSSR count). The lowest BCUT2D eigenvalue weighted by atomic mass is 10.1. The van der Waals surface area contributed by atoms with E-state index in [9.17, 15) is 18.0 Å². The summed E-state index contributed by atoms with van der Waals surface area (Å²) in [5.74, 6) is 0.482. The third-order valence-electron chi connectivity index (χ3n) is 3.95. The zero-order chi connectivity index (χ0) is 21.6. The van der Waals surface area contributed by atoms with E-state index in [1.54, 1.807) is 12.1 Å². The Morgan fingerprint density at radius 1 is 1.00 bits per heavy atom. The maximum Gasteiger partial charge on any atom is 0.416 e. The first-order chi connectivity index (χ1) is 14.3. The molecule has 3 aromatic rings.